The maximum Gasteiger partial charge on any atom is 0.240 e. The summed E-state index contributed by atoms with van der Waals surface area (Å²) in [6.45, 7) is 4.00. The summed E-state index contributed by atoms with van der Waals surface area (Å²) in [5.74, 6) is 0.546. The molecule has 1 amide bonds. The number of benzene rings is 2. The minimum Gasteiger partial charge on any atom is -0.497 e. The Kier molecular flexibility index (Phi) is 6.76. The normalized spacial score (nSPS) is 11.2. The zero-order valence-corrected chi connectivity index (χ0v) is 16.0. The van der Waals surface area contributed by atoms with Crippen molar-refractivity contribution in [1.82, 2.24) is 4.72 Å². The van der Waals surface area contributed by atoms with Crippen molar-refractivity contribution in [2.24, 2.45) is 0 Å². The number of carbonyl (C=O) groups is 1. The molecule has 2 N–H and O–H groups in total. The number of aryl methyl sites for hydroxylation is 2. The highest BCUT2D eigenvalue weighted by Gasteiger charge is 2.14. The van der Waals surface area contributed by atoms with E-state index < -0.39 is 10.0 Å². The van der Waals surface area contributed by atoms with E-state index >= 15 is 0 Å². The molecule has 0 radical (unpaired) electrons. The number of rotatable bonds is 8. The molecule has 2 aromatic rings. The van der Waals surface area contributed by atoms with Crippen LogP contribution in [0.15, 0.2) is 47.4 Å². The first-order valence-corrected chi connectivity index (χ1v) is 9.81. The topological polar surface area (TPSA) is 84.5 Å². The number of methoxy groups -OCH3 is 1. The van der Waals surface area contributed by atoms with Crippen LogP contribution in [0.2, 0.25) is 0 Å². The molecule has 0 heterocycles. The number of hydrogen-bond acceptors (Lipinski definition) is 4. The molecule has 26 heavy (non-hydrogen) atoms. The fraction of sp³-hybridized carbons (Fsp3) is 0.316. The molecule has 2 rings (SSSR count). The second kappa shape index (κ2) is 8.82. The first kappa shape index (κ1) is 19.9. The largest absolute Gasteiger partial charge is 0.497 e. The van der Waals surface area contributed by atoms with E-state index in [9.17, 15) is 13.2 Å². The monoisotopic (exact) mass is 376 g/mol. The summed E-state index contributed by atoms with van der Waals surface area (Å²) in [5.41, 5.74) is 2.64. The van der Waals surface area contributed by atoms with Gasteiger partial charge in [0, 0.05) is 18.7 Å². The Hall–Kier alpha value is -2.38. The molecule has 0 aromatic heterocycles. The average Bonchev–Trinajstić information content (AvgIpc) is 2.61. The van der Waals surface area contributed by atoms with Crippen molar-refractivity contribution in [3.8, 4) is 5.75 Å². The lowest BCUT2D eigenvalue weighted by Crippen LogP contribution is -2.26. The van der Waals surface area contributed by atoms with E-state index in [0.29, 0.717) is 17.9 Å². The molecule has 0 saturated carbocycles. The zero-order chi connectivity index (χ0) is 19.2. The van der Waals surface area contributed by atoms with Gasteiger partial charge in [-0.2, -0.15) is 0 Å². The van der Waals surface area contributed by atoms with Crippen LogP contribution in [0.5, 0.6) is 5.75 Å². The standard InChI is InChI=1S/C19H24N2O4S/c1-14-6-11-18(13-15(14)2)26(23,24)20-12-4-5-19(22)21-16-7-9-17(25-3)10-8-16/h6-11,13,20H,4-5,12H2,1-3H3,(H,21,22). The van der Waals surface area contributed by atoms with Gasteiger partial charge >= 0.3 is 0 Å². The molecule has 0 bridgehead atoms. The molecule has 0 spiro atoms. The van der Waals surface area contributed by atoms with E-state index in [1.165, 1.54) is 0 Å². The quantitative estimate of drug-likeness (QED) is 0.694. The maximum absolute atomic E-state index is 12.3. The van der Waals surface area contributed by atoms with Gasteiger partial charge in [-0.25, -0.2) is 13.1 Å². The third-order valence-corrected chi connectivity index (χ3v) is 5.49. The number of anilines is 1. The van der Waals surface area contributed by atoms with E-state index in [4.69, 9.17) is 4.74 Å². The Morgan fingerprint density at radius 3 is 2.35 bits per heavy atom. The minimum absolute atomic E-state index is 0.166. The third kappa shape index (κ3) is 5.57. The Morgan fingerprint density at radius 2 is 1.73 bits per heavy atom. The van der Waals surface area contributed by atoms with Gasteiger partial charge in [-0.3, -0.25) is 4.79 Å². The molecule has 2 aromatic carbocycles. The fourth-order valence-corrected chi connectivity index (χ4v) is 3.48. The van der Waals surface area contributed by atoms with Crippen LogP contribution in [-0.4, -0.2) is 28.0 Å². The van der Waals surface area contributed by atoms with E-state index in [1.807, 2.05) is 13.8 Å². The SMILES string of the molecule is COc1ccc(NC(=O)CCCNS(=O)(=O)c2ccc(C)c(C)c2)cc1. The molecule has 0 aliphatic rings. The van der Waals surface area contributed by atoms with Crippen molar-refractivity contribution in [2.75, 3.05) is 19.0 Å². The molecule has 7 heteroatoms. The lowest BCUT2D eigenvalue weighted by molar-refractivity contribution is -0.116. The predicted octanol–water partition coefficient (Wildman–Crippen LogP) is 3.01. The van der Waals surface area contributed by atoms with Gasteiger partial charge in [0.15, 0.2) is 0 Å². The highest BCUT2D eigenvalue weighted by molar-refractivity contribution is 7.89. The Balaban J connectivity index is 1.79. The second-order valence-electron chi connectivity index (χ2n) is 6.02. The molecule has 0 aliphatic heterocycles. The van der Waals surface area contributed by atoms with Gasteiger partial charge in [-0.1, -0.05) is 6.07 Å². The molecule has 140 valence electrons. The highest BCUT2D eigenvalue weighted by atomic mass is 32.2. The summed E-state index contributed by atoms with van der Waals surface area (Å²) in [5, 5.41) is 2.76. The Bertz CT molecular complexity index is 862. The maximum atomic E-state index is 12.3. The van der Waals surface area contributed by atoms with Crippen molar-refractivity contribution in [1.29, 1.82) is 0 Å². The summed E-state index contributed by atoms with van der Waals surface area (Å²) in [7, 11) is -1.98. The molecule has 0 unspecified atom stereocenters. The van der Waals surface area contributed by atoms with E-state index in [-0.39, 0.29) is 23.8 Å². The van der Waals surface area contributed by atoms with Crippen molar-refractivity contribution < 1.29 is 17.9 Å². The van der Waals surface area contributed by atoms with Crippen molar-refractivity contribution in [2.45, 2.75) is 31.6 Å². The number of sulfonamides is 1. The van der Waals surface area contributed by atoms with Crippen molar-refractivity contribution in [3.63, 3.8) is 0 Å². The molecule has 0 fully saturated rings. The van der Waals surface area contributed by atoms with Crippen LogP contribution < -0.4 is 14.8 Å². The van der Waals surface area contributed by atoms with Crippen LogP contribution in [0.4, 0.5) is 5.69 Å². The number of ether oxygens (including phenoxy) is 1. The zero-order valence-electron chi connectivity index (χ0n) is 15.2. The van der Waals surface area contributed by atoms with Gasteiger partial charge < -0.3 is 10.1 Å². The molecule has 0 saturated heterocycles. The summed E-state index contributed by atoms with van der Waals surface area (Å²) in [4.78, 5) is 12.2. The highest BCUT2D eigenvalue weighted by Crippen LogP contribution is 2.16. The molecular weight excluding hydrogens is 352 g/mol. The molecule has 6 nitrogen and oxygen atoms in total. The second-order valence-corrected chi connectivity index (χ2v) is 7.79. The number of hydrogen-bond donors (Lipinski definition) is 2. The number of nitrogens with one attached hydrogen (secondary N) is 2. The lowest BCUT2D eigenvalue weighted by Gasteiger charge is -2.09. The van der Waals surface area contributed by atoms with Crippen LogP contribution in [-0.2, 0) is 14.8 Å². The van der Waals surface area contributed by atoms with Crippen LogP contribution in [0.3, 0.4) is 0 Å². The van der Waals surface area contributed by atoms with Gasteiger partial charge in [0.2, 0.25) is 15.9 Å². The first-order chi connectivity index (χ1) is 12.3. The number of carbonyl (C=O) groups excluding carboxylic acids is 1. The molecular formula is C19H24N2O4S. The summed E-state index contributed by atoms with van der Waals surface area (Å²) in [6, 6.07) is 12.0. The third-order valence-electron chi connectivity index (χ3n) is 4.04. The van der Waals surface area contributed by atoms with Gasteiger partial charge in [-0.15, -0.1) is 0 Å². The van der Waals surface area contributed by atoms with Gasteiger partial charge in [0.1, 0.15) is 5.75 Å². The first-order valence-electron chi connectivity index (χ1n) is 8.32. The predicted molar refractivity (Wildman–Crippen MR) is 102 cm³/mol. The molecule has 0 aliphatic carbocycles. The van der Waals surface area contributed by atoms with E-state index in [1.54, 1.807) is 49.6 Å². The summed E-state index contributed by atoms with van der Waals surface area (Å²) in [6.07, 6.45) is 0.632. The van der Waals surface area contributed by atoms with E-state index in [0.717, 1.165) is 11.1 Å². The van der Waals surface area contributed by atoms with Crippen molar-refractivity contribution in [3.05, 3.63) is 53.6 Å². The van der Waals surface area contributed by atoms with Gasteiger partial charge in [0.25, 0.3) is 0 Å². The van der Waals surface area contributed by atoms with Crippen LogP contribution in [0.25, 0.3) is 0 Å². The Labute approximate surface area is 154 Å². The smallest absolute Gasteiger partial charge is 0.240 e. The van der Waals surface area contributed by atoms with Gasteiger partial charge in [-0.05, 0) is 67.8 Å². The van der Waals surface area contributed by atoms with Crippen molar-refractivity contribution >= 4 is 21.6 Å². The number of amides is 1. The van der Waals surface area contributed by atoms with Crippen LogP contribution in [0.1, 0.15) is 24.0 Å². The average molecular weight is 376 g/mol. The summed E-state index contributed by atoms with van der Waals surface area (Å²) >= 11 is 0. The van der Waals surface area contributed by atoms with Gasteiger partial charge in [0.05, 0.1) is 12.0 Å². The lowest BCUT2D eigenvalue weighted by atomic mass is 10.1. The fourth-order valence-electron chi connectivity index (χ4n) is 2.32. The molecule has 0 atom stereocenters. The Morgan fingerprint density at radius 1 is 1.04 bits per heavy atom. The minimum atomic E-state index is -3.56. The van der Waals surface area contributed by atoms with Crippen LogP contribution >= 0.6 is 0 Å². The summed E-state index contributed by atoms with van der Waals surface area (Å²) < 4.78 is 32.1. The van der Waals surface area contributed by atoms with Crippen LogP contribution in [0, 0.1) is 13.8 Å². The van der Waals surface area contributed by atoms with E-state index in [2.05, 4.69) is 10.0 Å².